The zero-order valence-electron chi connectivity index (χ0n) is 18.4. The largest absolute Gasteiger partial charge is 0.347 e. The van der Waals surface area contributed by atoms with Crippen LogP contribution in [-0.2, 0) is 19.4 Å². The molecule has 0 saturated heterocycles. The molecule has 0 amide bonds. The normalized spacial score (nSPS) is 45.8. The number of carbonyl (C=O) groups is 2. The topological polar surface area (TPSA) is 52.6 Å². The Bertz CT molecular complexity index is 649. The molecule has 7 atom stereocenters. The van der Waals surface area contributed by atoms with Crippen molar-refractivity contribution in [2.24, 2.45) is 39.9 Å². The maximum atomic E-state index is 12.5. The van der Waals surface area contributed by atoms with Gasteiger partial charge in [0.1, 0.15) is 11.9 Å². The fourth-order valence-electron chi connectivity index (χ4n) is 7.31. The number of carbonyl (C=O) groups excluding carboxylic acids is 2. The van der Waals surface area contributed by atoms with Gasteiger partial charge in [-0.05, 0) is 101 Å². The molecular formula is C24H38O4. The van der Waals surface area contributed by atoms with Gasteiger partial charge in [0.25, 0.3) is 0 Å². The smallest absolute Gasteiger partial charge is 0.299 e. The van der Waals surface area contributed by atoms with E-state index in [4.69, 9.17) is 9.78 Å². The van der Waals surface area contributed by atoms with E-state index in [1.54, 1.807) is 0 Å². The van der Waals surface area contributed by atoms with Crippen molar-refractivity contribution < 1.29 is 19.4 Å². The molecule has 0 heterocycles. The lowest BCUT2D eigenvalue weighted by molar-refractivity contribution is -0.315. The summed E-state index contributed by atoms with van der Waals surface area (Å²) in [4.78, 5) is 35.4. The van der Waals surface area contributed by atoms with Gasteiger partial charge < -0.3 is 0 Å². The predicted octanol–water partition coefficient (Wildman–Crippen LogP) is 5.49. The van der Waals surface area contributed by atoms with Crippen LogP contribution in [0.5, 0.6) is 0 Å². The number of rotatable bonds is 2. The summed E-state index contributed by atoms with van der Waals surface area (Å²) in [5.74, 6) is 2.96. The minimum atomic E-state index is -0.533. The van der Waals surface area contributed by atoms with Gasteiger partial charge in [0.2, 0.25) is 0 Å². The Morgan fingerprint density at radius 2 is 1.75 bits per heavy atom. The van der Waals surface area contributed by atoms with Gasteiger partial charge in [0.05, 0.1) is 5.41 Å². The molecule has 4 fully saturated rings. The van der Waals surface area contributed by atoms with E-state index in [1.165, 1.54) is 19.3 Å². The second-order valence-corrected chi connectivity index (χ2v) is 11.7. The molecule has 0 spiro atoms. The van der Waals surface area contributed by atoms with Crippen molar-refractivity contribution in [2.75, 3.05) is 0 Å². The van der Waals surface area contributed by atoms with E-state index in [-0.39, 0.29) is 17.5 Å². The van der Waals surface area contributed by atoms with Crippen molar-refractivity contribution in [3.8, 4) is 0 Å². The van der Waals surface area contributed by atoms with Crippen molar-refractivity contribution in [2.45, 2.75) is 98.5 Å². The molecule has 158 valence electrons. The van der Waals surface area contributed by atoms with Crippen LogP contribution >= 0.6 is 0 Å². The summed E-state index contributed by atoms with van der Waals surface area (Å²) in [5, 5.41) is 0. The van der Waals surface area contributed by atoms with Crippen LogP contribution in [0.25, 0.3) is 0 Å². The summed E-state index contributed by atoms with van der Waals surface area (Å²) in [5.41, 5.74) is -0.218. The standard InChI is InChI=1S/C24H38O4/c1-22(2,3)21(26)28-27-16-10-12-23(4)15(14-16)6-7-17-18-8-9-20(25)24(18,5)13-11-19(17)23/h15-19H,6-14H2,1-5H3/t15?,16-,17?,18?,19?,23+,24+/m1/s1. The van der Waals surface area contributed by atoms with Crippen LogP contribution in [0, 0.1) is 39.9 Å². The summed E-state index contributed by atoms with van der Waals surface area (Å²) < 4.78 is 0. The molecule has 4 heteroatoms. The lowest BCUT2D eigenvalue weighted by atomic mass is 9.45. The van der Waals surface area contributed by atoms with Gasteiger partial charge in [-0.2, -0.15) is 4.89 Å². The van der Waals surface area contributed by atoms with Crippen molar-refractivity contribution in [1.82, 2.24) is 0 Å². The van der Waals surface area contributed by atoms with Gasteiger partial charge in [-0.25, -0.2) is 4.79 Å². The first-order valence-electron chi connectivity index (χ1n) is 11.5. The predicted molar refractivity (Wildman–Crippen MR) is 107 cm³/mol. The van der Waals surface area contributed by atoms with E-state index in [9.17, 15) is 9.59 Å². The summed E-state index contributed by atoms with van der Waals surface area (Å²) in [7, 11) is 0. The molecule has 0 aromatic heterocycles. The highest BCUT2D eigenvalue weighted by Gasteiger charge is 2.60. The highest BCUT2D eigenvalue weighted by atomic mass is 17.2. The Kier molecular flexibility index (Phi) is 4.96. The molecule has 0 N–H and O–H groups in total. The van der Waals surface area contributed by atoms with E-state index >= 15 is 0 Å². The van der Waals surface area contributed by atoms with Crippen LogP contribution in [0.3, 0.4) is 0 Å². The lowest BCUT2D eigenvalue weighted by Crippen LogP contribution is -2.54. The van der Waals surface area contributed by atoms with Crippen LogP contribution in [0.4, 0.5) is 0 Å². The van der Waals surface area contributed by atoms with E-state index in [0.29, 0.717) is 23.0 Å². The molecule has 0 bridgehead atoms. The van der Waals surface area contributed by atoms with E-state index < -0.39 is 5.41 Å². The average molecular weight is 391 g/mol. The van der Waals surface area contributed by atoms with Gasteiger partial charge in [0.15, 0.2) is 0 Å². The Labute approximate surface area is 170 Å². The summed E-state index contributed by atoms with van der Waals surface area (Å²) in [6.07, 6.45) is 9.84. The Balaban J connectivity index is 1.42. The lowest BCUT2D eigenvalue weighted by Gasteiger charge is -2.60. The van der Waals surface area contributed by atoms with E-state index in [2.05, 4.69) is 13.8 Å². The van der Waals surface area contributed by atoms with Gasteiger partial charge in [-0.3, -0.25) is 9.68 Å². The number of hydrogen-bond donors (Lipinski definition) is 0. The molecule has 0 aromatic rings. The van der Waals surface area contributed by atoms with Crippen molar-refractivity contribution in [3.05, 3.63) is 0 Å². The Hall–Kier alpha value is -0.900. The van der Waals surface area contributed by atoms with E-state index in [1.807, 2.05) is 20.8 Å². The van der Waals surface area contributed by atoms with Gasteiger partial charge in [0, 0.05) is 11.8 Å². The second-order valence-electron chi connectivity index (χ2n) is 11.7. The average Bonchev–Trinajstić information content (AvgIpc) is 2.94. The fourth-order valence-corrected chi connectivity index (χ4v) is 7.31. The minimum absolute atomic E-state index is 0.0304. The quantitative estimate of drug-likeness (QED) is 0.462. The number of hydrogen-bond acceptors (Lipinski definition) is 4. The maximum absolute atomic E-state index is 12.5. The van der Waals surface area contributed by atoms with Crippen LogP contribution in [-0.4, -0.2) is 17.9 Å². The Morgan fingerprint density at radius 1 is 1.00 bits per heavy atom. The van der Waals surface area contributed by atoms with Crippen molar-refractivity contribution >= 4 is 11.8 Å². The third kappa shape index (κ3) is 3.14. The monoisotopic (exact) mass is 390 g/mol. The summed E-state index contributed by atoms with van der Waals surface area (Å²) in [6.45, 7) is 10.3. The molecule has 4 nitrogen and oxygen atoms in total. The van der Waals surface area contributed by atoms with Gasteiger partial charge in [-0.1, -0.05) is 13.8 Å². The number of fused-ring (bicyclic) bond motifs is 5. The SMILES string of the molecule is CC(C)(C)C(=O)OO[C@@H]1CC[C@@]2(C)C(CCC3C2CC[C@]2(C)C(=O)CCC32)C1. The van der Waals surface area contributed by atoms with Gasteiger partial charge in [-0.15, -0.1) is 0 Å². The number of ketones is 1. The first-order valence-corrected chi connectivity index (χ1v) is 11.5. The Morgan fingerprint density at radius 3 is 2.46 bits per heavy atom. The highest BCUT2D eigenvalue weighted by molar-refractivity contribution is 5.87. The fraction of sp³-hybridized carbons (Fsp3) is 0.917. The van der Waals surface area contributed by atoms with Gasteiger partial charge >= 0.3 is 5.97 Å². The molecule has 4 aliphatic rings. The molecule has 28 heavy (non-hydrogen) atoms. The van der Waals surface area contributed by atoms with Crippen LogP contribution < -0.4 is 0 Å². The van der Waals surface area contributed by atoms with Crippen LogP contribution in [0.1, 0.15) is 92.4 Å². The number of Topliss-reactive ketones (excluding diaryl/α,β-unsaturated/α-hetero) is 1. The van der Waals surface area contributed by atoms with Crippen LogP contribution in [0.2, 0.25) is 0 Å². The molecule has 0 aliphatic heterocycles. The zero-order valence-corrected chi connectivity index (χ0v) is 18.4. The highest BCUT2D eigenvalue weighted by Crippen LogP contribution is 2.65. The molecule has 4 unspecified atom stereocenters. The first kappa shape index (κ1) is 20.4. The molecule has 0 aromatic carbocycles. The third-order valence-electron chi connectivity index (χ3n) is 9.20. The van der Waals surface area contributed by atoms with Crippen molar-refractivity contribution in [3.63, 3.8) is 0 Å². The summed E-state index contributed by atoms with van der Waals surface area (Å²) >= 11 is 0. The molecular weight excluding hydrogens is 352 g/mol. The second kappa shape index (κ2) is 6.82. The third-order valence-corrected chi connectivity index (χ3v) is 9.20. The molecule has 4 saturated carbocycles. The van der Waals surface area contributed by atoms with Crippen LogP contribution in [0.15, 0.2) is 0 Å². The summed E-state index contributed by atoms with van der Waals surface area (Å²) in [6, 6.07) is 0. The first-order chi connectivity index (χ1) is 13.1. The zero-order chi connectivity index (χ0) is 20.3. The maximum Gasteiger partial charge on any atom is 0.347 e. The minimum Gasteiger partial charge on any atom is -0.299 e. The molecule has 0 radical (unpaired) electrons. The van der Waals surface area contributed by atoms with E-state index in [0.717, 1.165) is 50.4 Å². The molecule has 4 aliphatic carbocycles. The van der Waals surface area contributed by atoms with Crippen molar-refractivity contribution in [1.29, 1.82) is 0 Å². The molecule has 4 rings (SSSR count).